The molecule has 0 atom stereocenters. The van der Waals surface area contributed by atoms with Gasteiger partial charge < -0.3 is 0 Å². The molecule has 0 N–H and O–H groups in total. The molecule has 0 spiro atoms. The number of aryl methyl sites for hydroxylation is 1. The van der Waals surface area contributed by atoms with Gasteiger partial charge in [-0.25, -0.2) is 8.42 Å². The zero-order valence-corrected chi connectivity index (χ0v) is 14.4. The number of benzene rings is 2. The summed E-state index contributed by atoms with van der Waals surface area (Å²) in [4.78, 5) is 9.98. The van der Waals surface area contributed by atoms with E-state index in [4.69, 9.17) is 11.6 Å². The number of carbonyl (C=O) groups is 1. The Morgan fingerprint density at radius 1 is 1.08 bits per heavy atom. The van der Waals surface area contributed by atoms with E-state index in [0.717, 1.165) is 17.7 Å². The fourth-order valence-electron chi connectivity index (χ4n) is 2.00. The zero-order valence-electron chi connectivity index (χ0n) is 12.8. The summed E-state index contributed by atoms with van der Waals surface area (Å²) >= 11 is 5.76. The van der Waals surface area contributed by atoms with Crippen LogP contribution < -0.4 is 0 Å². The number of rotatable bonds is 4. The lowest BCUT2D eigenvalue weighted by Gasteiger charge is -2.11. The summed E-state index contributed by atoms with van der Waals surface area (Å²) in [5, 5.41) is 0.195. The number of allylic oxidation sites excluding steroid dienone is 1. The van der Waals surface area contributed by atoms with Gasteiger partial charge >= 0.3 is 6.18 Å². The molecule has 0 saturated heterocycles. The molecule has 0 radical (unpaired) electrons. The first kappa shape index (κ1) is 19.2. The Bertz CT molecular complexity index is 930. The van der Waals surface area contributed by atoms with Gasteiger partial charge in [-0.1, -0.05) is 41.4 Å². The minimum Gasteiger partial charge on any atom is -0.283 e. The lowest BCUT2D eigenvalue weighted by atomic mass is 10.2. The predicted octanol–water partition coefficient (Wildman–Crippen LogP) is 4.59. The highest BCUT2D eigenvalue weighted by Gasteiger charge is 2.45. The van der Waals surface area contributed by atoms with Crippen molar-refractivity contribution in [2.75, 3.05) is 0 Å². The van der Waals surface area contributed by atoms with Crippen molar-refractivity contribution in [3.63, 3.8) is 0 Å². The molecular weight excluding hydrogens is 377 g/mol. The first-order chi connectivity index (χ1) is 11.5. The molecular formula is C17H12ClF3O3S. The number of carbonyl (C=O) groups excluding carboxylic acids is 1. The van der Waals surface area contributed by atoms with Crippen LogP contribution in [-0.4, -0.2) is 20.4 Å². The van der Waals surface area contributed by atoms with Crippen LogP contribution >= 0.6 is 11.6 Å². The maximum absolute atomic E-state index is 12.9. The van der Waals surface area contributed by atoms with Crippen molar-refractivity contribution in [3.8, 4) is 0 Å². The van der Waals surface area contributed by atoms with Crippen molar-refractivity contribution >= 4 is 33.3 Å². The van der Waals surface area contributed by atoms with Gasteiger partial charge in [0.25, 0.3) is 5.78 Å². The maximum Gasteiger partial charge on any atom is 0.455 e. The molecule has 0 aliphatic rings. The van der Waals surface area contributed by atoms with Crippen LogP contribution in [0.2, 0.25) is 5.02 Å². The van der Waals surface area contributed by atoms with Gasteiger partial charge in [-0.3, -0.25) is 4.79 Å². The lowest BCUT2D eigenvalue weighted by molar-refractivity contribution is -0.165. The van der Waals surface area contributed by atoms with Crippen LogP contribution in [0.25, 0.3) is 6.08 Å². The second kappa shape index (κ2) is 7.01. The zero-order chi connectivity index (χ0) is 18.8. The quantitative estimate of drug-likeness (QED) is 0.719. The summed E-state index contributed by atoms with van der Waals surface area (Å²) in [7, 11) is -4.66. The second-order valence-corrected chi connectivity index (χ2v) is 7.56. The number of hydrogen-bond donors (Lipinski definition) is 0. The number of hydrogen-bond acceptors (Lipinski definition) is 3. The Morgan fingerprint density at radius 3 is 2.20 bits per heavy atom. The fraction of sp³-hybridized carbons (Fsp3) is 0.118. The van der Waals surface area contributed by atoms with Crippen LogP contribution in [0.4, 0.5) is 13.2 Å². The van der Waals surface area contributed by atoms with Gasteiger partial charge in [-0.15, -0.1) is 0 Å². The van der Waals surface area contributed by atoms with Crippen LogP contribution in [0, 0.1) is 6.92 Å². The molecule has 25 heavy (non-hydrogen) atoms. The monoisotopic (exact) mass is 388 g/mol. The molecule has 8 heteroatoms. The maximum atomic E-state index is 12.9. The third-order valence-electron chi connectivity index (χ3n) is 3.25. The first-order valence-electron chi connectivity index (χ1n) is 6.92. The third kappa shape index (κ3) is 4.49. The number of alkyl halides is 3. The third-order valence-corrected chi connectivity index (χ3v) is 5.26. The van der Waals surface area contributed by atoms with E-state index >= 15 is 0 Å². The summed E-state index contributed by atoms with van der Waals surface area (Å²) < 4.78 is 63.9. The molecule has 0 unspecified atom stereocenters. The van der Waals surface area contributed by atoms with E-state index in [1.165, 1.54) is 36.4 Å². The van der Waals surface area contributed by atoms with Gasteiger partial charge in [0.15, 0.2) is 0 Å². The van der Waals surface area contributed by atoms with E-state index in [9.17, 15) is 26.4 Å². The normalized spacial score (nSPS) is 12.9. The fourth-order valence-corrected chi connectivity index (χ4v) is 3.60. The highest BCUT2D eigenvalue weighted by molar-refractivity contribution is 7.96. The SMILES string of the molecule is Cc1ccc(S(=O)(=O)/C(=C/c2cccc(Cl)c2)C(=O)C(F)(F)F)cc1. The number of sulfone groups is 1. The number of halogens is 4. The summed E-state index contributed by atoms with van der Waals surface area (Å²) in [6.45, 7) is 1.69. The first-order valence-corrected chi connectivity index (χ1v) is 8.78. The van der Waals surface area contributed by atoms with E-state index < -0.39 is 31.6 Å². The second-order valence-electron chi connectivity index (χ2n) is 5.21. The Labute approximate surface area is 147 Å². The van der Waals surface area contributed by atoms with Crippen molar-refractivity contribution in [1.29, 1.82) is 0 Å². The minimum absolute atomic E-state index is 0.0655. The molecule has 2 aromatic rings. The predicted molar refractivity (Wildman–Crippen MR) is 88.9 cm³/mol. The smallest absolute Gasteiger partial charge is 0.283 e. The Hall–Kier alpha value is -2.12. The standard InChI is InChI=1S/C17H12ClF3O3S/c1-11-5-7-14(8-6-11)25(23,24)15(16(22)17(19,20)21)10-12-3-2-4-13(18)9-12/h2-10H,1H3/b15-10+. The van der Waals surface area contributed by atoms with E-state index in [0.29, 0.717) is 6.08 Å². The minimum atomic E-state index is -5.33. The van der Waals surface area contributed by atoms with Gasteiger partial charge in [-0.05, 0) is 42.8 Å². The van der Waals surface area contributed by atoms with E-state index in [1.54, 1.807) is 6.92 Å². The molecule has 2 rings (SSSR count). The van der Waals surface area contributed by atoms with Crippen molar-refractivity contribution in [1.82, 2.24) is 0 Å². The molecule has 132 valence electrons. The molecule has 0 aliphatic heterocycles. The van der Waals surface area contributed by atoms with Gasteiger partial charge in [0.2, 0.25) is 9.84 Å². The summed E-state index contributed by atoms with van der Waals surface area (Å²) in [6.07, 6.45) is -4.65. The Morgan fingerprint density at radius 2 is 1.68 bits per heavy atom. The van der Waals surface area contributed by atoms with Gasteiger partial charge in [0, 0.05) is 5.02 Å². The van der Waals surface area contributed by atoms with Crippen molar-refractivity contribution in [2.24, 2.45) is 0 Å². The molecule has 0 saturated carbocycles. The molecule has 3 nitrogen and oxygen atoms in total. The number of ketones is 1. The van der Waals surface area contributed by atoms with Crippen LogP contribution in [0.15, 0.2) is 58.3 Å². The molecule has 0 aliphatic carbocycles. The largest absolute Gasteiger partial charge is 0.455 e. The van der Waals surface area contributed by atoms with Crippen molar-refractivity contribution in [3.05, 3.63) is 69.6 Å². The van der Waals surface area contributed by atoms with Gasteiger partial charge in [0.1, 0.15) is 4.91 Å². The Kier molecular flexibility index (Phi) is 5.39. The van der Waals surface area contributed by atoms with E-state index in [1.807, 2.05) is 0 Å². The van der Waals surface area contributed by atoms with E-state index in [-0.39, 0.29) is 10.6 Å². The highest BCUT2D eigenvalue weighted by atomic mass is 35.5. The van der Waals surface area contributed by atoms with Crippen LogP contribution in [-0.2, 0) is 14.6 Å². The summed E-state index contributed by atoms with van der Waals surface area (Å²) in [5.74, 6) is -2.44. The average Bonchev–Trinajstić information content (AvgIpc) is 2.51. The molecule has 0 fully saturated rings. The van der Waals surface area contributed by atoms with Crippen LogP contribution in [0.1, 0.15) is 11.1 Å². The molecule has 0 heterocycles. The van der Waals surface area contributed by atoms with Crippen molar-refractivity contribution in [2.45, 2.75) is 18.0 Å². The summed E-state index contributed by atoms with van der Waals surface area (Å²) in [6, 6.07) is 10.7. The van der Waals surface area contributed by atoms with Gasteiger partial charge in [-0.2, -0.15) is 13.2 Å². The average molecular weight is 389 g/mol. The molecule has 0 amide bonds. The Balaban J connectivity index is 2.67. The molecule has 2 aromatic carbocycles. The number of Topliss-reactive ketones (excluding diaryl/α,β-unsaturated/α-hetero) is 1. The lowest BCUT2D eigenvalue weighted by Crippen LogP contribution is -2.28. The van der Waals surface area contributed by atoms with Crippen LogP contribution in [0.3, 0.4) is 0 Å². The molecule has 0 aromatic heterocycles. The molecule has 0 bridgehead atoms. The summed E-state index contributed by atoms with van der Waals surface area (Å²) in [5.41, 5.74) is 0.789. The van der Waals surface area contributed by atoms with E-state index in [2.05, 4.69) is 0 Å². The van der Waals surface area contributed by atoms with Gasteiger partial charge in [0.05, 0.1) is 4.90 Å². The van der Waals surface area contributed by atoms with Crippen molar-refractivity contribution < 1.29 is 26.4 Å². The van der Waals surface area contributed by atoms with Crippen LogP contribution in [0.5, 0.6) is 0 Å². The topological polar surface area (TPSA) is 51.2 Å². The highest BCUT2D eigenvalue weighted by Crippen LogP contribution is 2.30.